The van der Waals surface area contributed by atoms with Crippen LogP contribution in [0.15, 0.2) is 0 Å². The van der Waals surface area contributed by atoms with E-state index in [9.17, 15) is 0 Å². The number of aliphatic carboxylic acids is 1. The maximum atomic E-state index is 9.00. The van der Waals surface area contributed by atoms with Crippen LogP contribution in [-0.4, -0.2) is 16.6 Å². The summed E-state index contributed by atoms with van der Waals surface area (Å²) < 4.78 is 0. The van der Waals surface area contributed by atoms with Crippen LogP contribution in [0.1, 0.15) is 8.35 Å². The summed E-state index contributed by atoms with van der Waals surface area (Å²) >= 11 is 0. The summed E-state index contributed by atoms with van der Waals surface area (Å²) in [7, 11) is 0. The molecule has 7 heavy (non-hydrogen) atoms. The van der Waals surface area contributed by atoms with Crippen molar-refractivity contribution in [3.8, 4) is 0 Å². The number of carbonyl (C=O) groups is 1. The van der Waals surface area contributed by atoms with Crippen molar-refractivity contribution in [3.05, 3.63) is 0 Å². The van der Waals surface area contributed by atoms with E-state index in [1.165, 1.54) is 0 Å². The van der Waals surface area contributed by atoms with Crippen LogP contribution in [0.4, 0.5) is 0 Å². The average molecular weight is 151 g/mol. The van der Waals surface area contributed by atoms with Crippen LogP contribution in [0.2, 0.25) is 0 Å². The van der Waals surface area contributed by atoms with Gasteiger partial charge in [-0.25, -0.2) is 0 Å². The standard InChI is InChI=1S/C2H4O2.Li.H2O.Zn.H/c1-2(3)4;;;;/h1H3,(H,3,4);;1H2;;/q;+1;;;-1. The molecule has 5 heteroatoms. The maximum Gasteiger partial charge on any atom is 1.00 e. The molecular formula is C2H7LiO3Zn. The topological polar surface area (TPSA) is 68.8 Å². The number of carboxylic acid groups (broad SMARTS) is 1. The third kappa shape index (κ3) is 340. The van der Waals surface area contributed by atoms with E-state index in [1.54, 1.807) is 0 Å². The monoisotopic (exact) mass is 150 g/mol. The van der Waals surface area contributed by atoms with Crippen molar-refractivity contribution < 1.29 is 55.1 Å². The first-order valence-electron chi connectivity index (χ1n) is 0.928. The minimum atomic E-state index is -0.833. The van der Waals surface area contributed by atoms with Gasteiger partial charge in [-0.15, -0.1) is 0 Å². The van der Waals surface area contributed by atoms with Gasteiger partial charge in [0, 0.05) is 26.4 Å². The first kappa shape index (κ1) is 25.4. The predicted molar refractivity (Wildman–Crippen MR) is 18.0 cm³/mol. The minimum absolute atomic E-state index is 0. The molecule has 0 aliphatic rings. The smallest absolute Gasteiger partial charge is 1.00 e. The van der Waals surface area contributed by atoms with E-state index in [0.29, 0.717) is 0 Å². The number of hydrogen-bond donors (Lipinski definition) is 1. The van der Waals surface area contributed by atoms with E-state index >= 15 is 0 Å². The largest absolute Gasteiger partial charge is 1.00 e. The zero-order valence-electron chi connectivity index (χ0n) is 5.56. The summed E-state index contributed by atoms with van der Waals surface area (Å²) in [4.78, 5) is 9.00. The van der Waals surface area contributed by atoms with Gasteiger partial charge in [0.1, 0.15) is 0 Å². The third-order valence-electron chi connectivity index (χ3n) is 0. The third-order valence-corrected chi connectivity index (χ3v) is 0. The van der Waals surface area contributed by atoms with Crippen LogP contribution in [0.5, 0.6) is 0 Å². The minimum Gasteiger partial charge on any atom is -1.00 e. The second kappa shape index (κ2) is 15.9. The molecule has 3 N–H and O–H groups in total. The molecule has 0 amide bonds. The van der Waals surface area contributed by atoms with E-state index in [4.69, 9.17) is 9.90 Å². The summed E-state index contributed by atoms with van der Waals surface area (Å²) in [5.41, 5.74) is 0. The average Bonchev–Trinajstić information content (AvgIpc) is 0.811. The van der Waals surface area contributed by atoms with E-state index < -0.39 is 5.97 Å². The first-order valence-corrected chi connectivity index (χ1v) is 0.928. The molecule has 0 saturated carbocycles. The summed E-state index contributed by atoms with van der Waals surface area (Å²) in [6.07, 6.45) is 0. The van der Waals surface area contributed by atoms with E-state index in [-0.39, 0.29) is 45.2 Å². The second-order valence-electron chi connectivity index (χ2n) is 0.519. The van der Waals surface area contributed by atoms with Crippen LogP contribution in [0.25, 0.3) is 0 Å². The molecule has 0 saturated heterocycles. The molecule has 0 fully saturated rings. The van der Waals surface area contributed by atoms with Crippen molar-refractivity contribution in [2.75, 3.05) is 0 Å². The van der Waals surface area contributed by atoms with Crippen LogP contribution < -0.4 is 18.9 Å². The van der Waals surface area contributed by atoms with Crippen molar-refractivity contribution in [1.29, 1.82) is 0 Å². The molecule has 0 spiro atoms. The Bertz CT molecular complexity index is 40.3. The Morgan fingerprint density at radius 3 is 1.71 bits per heavy atom. The van der Waals surface area contributed by atoms with Crippen LogP contribution in [-0.2, 0) is 24.3 Å². The van der Waals surface area contributed by atoms with Gasteiger partial charge in [-0.2, -0.15) is 0 Å². The predicted octanol–water partition coefficient (Wildman–Crippen LogP) is -3.62. The van der Waals surface area contributed by atoms with Gasteiger partial charge in [-0.1, -0.05) is 0 Å². The summed E-state index contributed by atoms with van der Waals surface area (Å²) in [6.45, 7) is 1.08. The summed E-state index contributed by atoms with van der Waals surface area (Å²) in [5, 5.41) is 7.42. The Kier molecular flexibility index (Phi) is 57.8. The number of rotatable bonds is 0. The molecule has 0 radical (unpaired) electrons. The first-order chi connectivity index (χ1) is 1.73. The van der Waals surface area contributed by atoms with E-state index in [2.05, 4.69) is 0 Å². The molecule has 0 aromatic heterocycles. The molecule has 0 unspecified atom stereocenters. The summed E-state index contributed by atoms with van der Waals surface area (Å²) in [5.74, 6) is -0.833. The Morgan fingerprint density at radius 1 is 1.71 bits per heavy atom. The van der Waals surface area contributed by atoms with E-state index in [0.717, 1.165) is 6.92 Å². The Labute approximate surface area is 68.2 Å². The molecular weight excluding hydrogens is 144 g/mol. The zero-order chi connectivity index (χ0) is 3.58. The fourth-order valence-corrected chi connectivity index (χ4v) is 0. The van der Waals surface area contributed by atoms with Crippen LogP contribution >= 0.6 is 0 Å². The van der Waals surface area contributed by atoms with Crippen LogP contribution in [0.3, 0.4) is 0 Å². The fourth-order valence-electron chi connectivity index (χ4n) is 0. The number of hydrogen-bond acceptors (Lipinski definition) is 1. The normalized spacial score (nSPS) is 3.57. The van der Waals surface area contributed by atoms with Crippen molar-refractivity contribution in [1.82, 2.24) is 0 Å². The molecule has 0 aromatic carbocycles. The van der Waals surface area contributed by atoms with Gasteiger partial charge < -0.3 is 12.0 Å². The molecule has 3 nitrogen and oxygen atoms in total. The quantitative estimate of drug-likeness (QED) is 0.363. The summed E-state index contributed by atoms with van der Waals surface area (Å²) in [6, 6.07) is 0. The van der Waals surface area contributed by atoms with Crippen molar-refractivity contribution >= 4 is 5.97 Å². The van der Waals surface area contributed by atoms with Gasteiger partial charge >= 0.3 is 18.9 Å². The maximum absolute atomic E-state index is 9.00. The SMILES string of the molecule is CC(=O)O.O.[H-].[Li+].[Zn]. The van der Waals surface area contributed by atoms with Crippen molar-refractivity contribution in [2.45, 2.75) is 6.92 Å². The van der Waals surface area contributed by atoms with Crippen molar-refractivity contribution in [3.63, 3.8) is 0 Å². The Balaban J connectivity index is -0.00000000750. The molecule has 0 rings (SSSR count). The van der Waals surface area contributed by atoms with Crippen molar-refractivity contribution in [2.24, 2.45) is 0 Å². The molecule has 36 valence electrons. The molecule has 0 aromatic rings. The Morgan fingerprint density at radius 2 is 1.71 bits per heavy atom. The molecule has 0 heterocycles. The van der Waals surface area contributed by atoms with Gasteiger partial charge in [0.2, 0.25) is 0 Å². The Hall–Kier alpha value is 0.651. The zero-order valence-corrected chi connectivity index (χ0v) is 7.53. The van der Waals surface area contributed by atoms with Gasteiger partial charge in [0.15, 0.2) is 0 Å². The molecule has 0 aliphatic heterocycles. The molecule has 0 bridgehead atoms. The van der Waals surface area contributed by atoms with Gasteiger partial charge in [-0.3, -0.25) is 4.79 Å². The number of carboxylic acids is 1. The van der Waals surface area contributed by atoms with Gasteiger partial charge in [0.05, 0.1) is 0 Å². The van der Waals surface area contributed by atoms with Gasteiger partial charge in [0.25, 0.3) is 5.97 Å². The van der Waals surface area contributed by atoms with Crippen LogP contribution in [0, 0.1) is 0 Å². The second-order valence-corrected chi connectivity index (χ2v) is 0.519. The fraction of sp³-hybridized carbons (Fsp3) is 0.500. The van der Waals surface area contributed by atoms with E-state index in [1.807, 2.05) is 0 Å². The van der Waals surface area contributed by atoms with Gasteiger partial charge in [-0.05, 0) is 0 Å². The molecule has 0 aliphatic carbocycles. The molecule has 0 atom stereocenters.